The van der Waals surface area contributed by atoms with Gasteiger partial charge in [0.1, 0.15) is 0 Å². The van der Waals surface area contributed by atoms with Crippen LogP contribution in [-0.4, -0.2) is 38.4 Å². The smallest absolute Gasteiger partial charge is 0.251 e. The fraction of sp³-hybridized carbons (Fsp3) is 0.533. The summed E-state index contributed by atoms with van der Waals surface area (Å²) in [7, 11) is -3.01. The molecule has 1 aliphatic rings. The van der Waals surface area contributed by atoms with E-state index in [0.29, 0.717) is 12.0 Å². The molecule has 1 aromatic rings. The van der Waals surface area contributed by atoms with E-state index in [-0.39, 0.29) is 23.5 Å². The first-order chi connectivity index (χ1) is 9.91. The van der Waals surface area contributed by atoms with Crippen LogP contribution in [0.25, 0.3) is 0 Å². The van der Waals surface area contributed by atoms with E-state index in [0.717, 1.165) is 24.2 Å². The lowest BCUT2D eigenvalue weighted by Gasteiger charge is -2.23. The molecule has 5 nitrogen and oxygen atoms in total. The summed E-state index contributed by atoms with van der Waals surface area (Å²) in [6.45, 7) is 4.72. The Hall–Kier alpha value is -1.56. The third-order valence-corrected chi connectivity index (χ3v) is 5.47. The van der Waals surface area contributed by atoms with Gasteiger partial charge in [-0.2, -0.15) is 0 Å². The van der Waals surface area contributed by atoms with Crippen molar-refractivity contribution in [3.63, 3.8) is 0 Å². The Morgan fingerprint density at radius 2 is 2.14 bits per heavy atom. The summed E-state index contributed by atoms with van der Waals surface area (Å²) < 4.78 is 23.2. The van der Waals surface area contributed by atoms with Crippen LogP contribution in [0.5, 0.6) is 0 Å². The van der Waals surface area contributed by atoms with Gasteiger partial charge < -0.3 is 10.6 Å². The van der Waals surface area contributed by atoms with Crippen molar-refractivity contribution in [3.8, 4) is 0 Å². The van der Waals surface area contributed by atoms with E-state index in [4.69, 9.17) is 0 Å². The maximum atomic E-state index is 12.3. The van der Waals surface area contributed by atoms with Gasteiger partial charge in [-0.15, -0.1) is 0 Å². The minimum atomic E-state index is -3.01. The Morgan fingerprint density at radius 1 is 1.38 bits per heavy atom. The van der Waals surface area contributed by atoms with E-state index in [2.05, 4.69) is 10.6 Å². The SMILES string of the molecule is CCNc1ccc(C(=O)NC2CCCS(=O)(=O)C2)c(C)c1. The zero-order valence-electron chi connectivity index (χ0n) is 12.5. The minimum absolute atomic E-state index is 0.0489. The van der Waals surface area contributed by atoms with Gasteiger partial charge in [-0.1, -0.05) is 0 Å². The van der Waals surface area contributed by atoms with Crippen LogP contribution in [0.2, 0.25) is 0 Å². The van der Waals surface area contributed by atoms with Crippen LogP contribution in [0.3, 0.4) is 0 Å². The highest BCUT2D eigenvalue weighted by atomic mass is 32.2. The molecule has 0 bridgehead atoms. The summed E-state index contributed by atoms with van der Waals surface area (Å²) in [5.41, 5.74) is 2.45. The number of hydrogen-bond acceptors (Lipinski definition) is 4. The van der Waals surface area contributed by atoms with Crippen molar-refractivity contribution in [2.45, 2.75) is 32.7 Å². The van der Waals surface area contributed by atoms with Crippen LogP contribution in [0.15, 0.2) is 18.2 Å². The van der Waals surface area contributed by atoms with Gasteiger partial charge in [-0.25, -0.2) is 8.42 Å². The Bertz CT molecular complexity index is 626. The van der Waals surface area contributed by atoms with Gasteiger partial charge in [0, 0.05) is 23.8 Å². The van der Waals surface area contributed by atoms with Crippen LogP contribution in [0.1, 0.15) is 35.7 Å². The van der Waals surface area contributed by atoms with Crippen molar-refractivity contribution in [1.82, 2.24) is 5.32 Å². The number of carbonyl (C=O) groups excluding carboxylic acids is 1. The Kier molecular flexibility index (Phi) is 4.88. The number of sulfone groups is 1. The van der Waals surface area contributed by atoms with Gasteiger partial charge in [0.15, 0.2) is 9.84 Å². The lowest BCUT2D eigenvalue weighted by molar-refractivity contribution is 0.0937. The number of nitrogens with one attached hydrogen (secondary N) is 2. The summed E-state index contributed by atoms with van der Waals surface area (Å²) in [6.07, 6.45) is 1.34. The first-order valence-corrected chi connectivity index (χ1v) is 9.09. The van der Waals surface area contributed by atoms with Crippen molar-refractivity contribution in [1.29, 1.82) is 0 Å². The van der Waals surface area contributed by atoms with Crippen LogP contribution < -0.4 is 10.6 Å². The lowest BCUT2D eigenvalue weighted by Crippen LogP contribution is -2.43. The Balaban J connectivity index is 2.06. The molecule has 21 heavy (non-hydrogen) atoms. The standard InChI is InChI=1S/C15H22N2O3S/c1-3-16-12-6-7-14(11(2)9-12)15(18)17-13-5-4-8-21(19,20)10-13/h6-7,9,13,16H,3-5,8,10H2,1-2H3,(H,17,18). The second kappa shape index (κ2) is 6.47. The number of anilines is 1. The predicted molar refractivity (Wildman–Crippen MR) is 84.5 cm³/mol. The van der Waals surface area contributed by atoms with Crippen molar-refractivity contribution >= 4 is 21.4 Å². The fourth-order valence-electron chi connectivity index (χ4n) is 2.63. The summed E-state index contributed by atoms with van der Waals surface area (Å²) in [6, 6.07) is 5.29. The van der Waals surface area contributed by atoms with Crippen molar-refractivity contribution < 1.29 is 13.2 Å². The Morgan fingerprint density at radius 3 is 2.76 bits per heavy atom. The van der Waals surface area contributed by atoms with Crippen LogP contribution in [-0.2, 0) is 9.84 Å². The summed E-state index contributed by atoms with van der Waals surface area (Å²) in [5.74, 6) is 0.0842. The molecule has 2 N–H and O–H groups in total. The van der Waals surface area contributed by atoms with Gasteiger partial charge >= 0.3 is 0 Å². The maximum Gasteiger partial charge on any atom is 0.251 e. The largest absolute Gasteiger partial charge is 0.385 e. The van der Waals surface area contributed by atoms with Crippen molar-refractivity contribution in [2.75, 3.05) is 23.4 Å². The Labute approximate surface area is 126 Å². The number of carbonyl (C=O) groups is 1. The van der Waals surface area contributed by atoms with E-state index >= 15 is 0 Å². The molecule has 0 aromatic heterocycles. The molecule has 1 aromatic carbocycles. The molecule has 0 spiro atoms. The molecule has 0 aliphatic carbocycles. The first-order valence-electron chi connectivity index (χ1n) is 7.27. The third-order valence-electron chi connectivity index (χ3n) is 3.65. The number of rotatable bonds is 4. The third kappa shape index (κ3) is 4.20. The number of amides is 1. The summed E-state index contributed by atoms with van der Waals surface area (Å²) in [5, 5.41) is 6.04. The van der Waals surface area contributed by atoms with E-state index in [1.54, 1.807) is 6.07 Å². The van der Waals surface area contributed by atoms with Crippen LogP contribution >= 0.6 is 0 Å². The van der Waals surface area contributed by atoms with Crippen LogP contribution in [0.4, 0.5) is 5.69 Å². The fourth-order valence-corrected chi connectivity index (χ4v) is 4.27. The van der Waals surface area contributed by atoms with Gasteiger partial charge in [-0.3, -0.25) is 4.79 Å². The number of aryl methyl sites for hydroxylation is 1. The van der Waals surface area contributed by atoms with E-state index in [1.807, 2.05) is 26.0 Å². The zero-order valence-corrected chi connectivity index (χ0v) is 13.3. The highest BCUT2D eigenvalue weighted by Gasteiger charge is 2.26. The van der Waals surface area contributed by atoms with Gasteiger partial charge in [0.25, 0.3) is 5.91 Å². The molecule has 1 saturated heterocycles. The minimum Gasteiger partial charge on any atom is -0.385 e. The first kappa shape index (κ1) is 15.8. The molecule has 1 fully saturated rings. The molecule has 1 atom stereocenters. The quantitative estimate of drug-likeness (QED) is 0.888. The second-order valence-corrected chi connectivity index (χ2v) is 7.72. The second-order valence-electron chi connectivity index (χ2n) is 5.49. The molecular weight excluding hydrogens is 288 g/mol. The monoisotopic (exact) mass is 310 g/mol. The van der Waals surface area contributed by atoms with E-state index < -0.39 is 9.84 Å². The highest BCUT2D eigenvalue weighted by molar-refractivity contribution is 7.91. The molecule has 1 amide bonds. The lowest BCUT2D eigenvalue weighted by atomic mass is 10.1. The van der Waals surface area contributed by atoms with Gasteiger partial charge in [0.2, 0.25) is 0 Å². The average Bonchev–Trinajstić information content (AvgIpc) is 2.37. The molecule has 1 heterocycles. The molecule has 1 unspecified atom stereocenters. The molecule has 0 saturated carbocycles. The molecule has 0 radical (unpaired) electrons. The highest BCUT2D eigenvalue weighted by Crippen LogP contribution is 2.17. The number of benzene rings is 1. The van der Waals surface area contributed by atoms with Gasteiger partial charge in [-0.05, 0) is 50.5 Å². The van der Waals surface area contributed by atoms with Crippen molar-refractivity contribution in [2.24, 2.45) is 0 Å². The molecule has 6 heteroatoms. The normalized spacial score (nSPS) is 20.8. The van der Waals surface area contributed by atoms with Crippen molar-refractivity contribution in [3.05, 3.63) is 29.3 Å². The summed E-state index contributed by atoms with van der Waals surface area (Å²) in [4.78, 5) is 12.3. The van der Waals surface area contributed by atoms with Crippen LogP contribution in [0, 0.1) is 6.92 Å². The van der Waals surface area contributed by atoms with E-state index in [9.17, 15) is 13.2 Å². The zero-order chi connectivity index (χ0) is 15.5. The molecule has 2 rings (SSSR count). The molecule has 116 valence electrons. The predicted octanol–water partition coefficient (Wildman–Crippen LogP) is 1.73. The molecule has 1 aliphatic heterocycles. The maximum absolute atomic E-state index is 12.3. The molecular formula is C15H22N2O3S. The van der Waals surface area contributed by atoms with E-state index in [1.165, 1.54) is 0 Å². The topological polar surface area (TPSA) is 75.3 Å². The number of hydrogen-bond donors (Lipinski definition) is 2. The van der Waals surface area contributed by atoms with Gasteiger partial charge in [0.05, 0.1) is 11.5 Å². The average molecular weight is 310 g/mol. The summed E-state index contributed by atoms with van der Waals surface area (Å²) >= 11 is 0.